The summed E-state index contributed by atoms with van der Waals surface area (Å²) in [5.41, 5.74) is 8.27. The van der Waals surface area contributed by atoms with E-state index < -0.39 is 0 Å². The molecule has 1 saturated carbocycles. The first-order valence-electron chi connectivity index (χ1n) is 13.3. The van der Waals surface area contributed by atoms with Crippen molar-refractivity contribution >= 4 is 11.5 Å². The lowest BCUT2D eigenvalue weighted by atomic mass is 9.83. The third-order valence-electron chi connectivity index (χ3n) is 7.27. The summed E-state index contributed by atoms with van der Waals surface area (Å²) in [4.78, 5) is 0. The highest BCUT2D eigenvalue weighted by molar-refractivity contribution is 5.80. The van der Waals surface area contributed by atoms with Gasteiger partial charge in [-0.25, -0.2) is 0 Å². The Balaban J connectivity index is 0.992. The van der Waals surface area contributed by atoms with Crippen molar-refractivity contribution in [2.75, 3.05) is 31.7 Å². The van der Waals surface area contributed by atoms with Crippen LogP contribution < -0.4 is 15.4 Å². The fourth-order valence-corrected chi connectivity index (χ4v) is 4.94. The minimum Gasteiger partial charge on any atom is -0.491 e. The van der Waals surface area contributed by atoms with Crippen LogP contribution in [0.3, 0.4) is 0 Å². The zero-order chi connectivity index (χ0) is 24.7. The molecule has 0 spiro atoms. The quantitative estimate of drug-likeness (QED) is 0.177. The number of allylic oxidation sites excluding steroid dienone is 1. The van der Waals surface area contributed by atoms with E-state index in [1.807, 2.05) is 6.07 Å². The zero-order valence-corrected chi connectivity index (χ0v) is 21.4. The molecule has 0 bridgehead atoms. The number of hydrogen-bond donors (Lipinski definition) is 3. The fourth-order valence-electron chi connectivity index (χ4n) is 4.94. The highest BCUT2D eigenvalue weighted by atomic mass is 16.5. The van der Waals surface area contributed by atoms with Gasteiger partial charge in [0, 0.05) is 42.1 Å². The molecule has 3 aromatic rings. The smallest absolute Gasteiger partial charge is 0.156 e. The molecule has 6 heteroatoms. The second-order valence-electron chi connectivity index (χ2n) is 10.0. The minimum atomic E-state index is 0.564. The molecule has 0 amide bonds. The Hall–Kier alpha value is -3.25. The van der Waals surface area contributed by atoms with E-state index in [4.69, 9.17) is 9.47 Å². The Labute approximate surface area is 214 Å². The van der Waals surface area contributed by atoms with Gasteiger partial charge in [0.2, 0.25) is 0 Å². The summed E-state index contributed by atoms with van der Waals surface area (Å²) in [5.74, 6) is 2.50. The standard InChI is InChI=1S/C30H38N4O2/c1-21-8-6-11-25(18-21)32-30-28-20-24-19-26(12-13-27(24)29(28)33-34-30)36-17-16-35-15-5-3-4-14-31-22(2)23-9-7-10-23/h6,8,11-13,18-19,23,31H,2-5,7,9-10,14-17,20H2,1H3,(H2,32,33,34). The van der Waals surface area contributed by atoms with Crippen molar-refractivity contribution in [2.45, 2.75) is 51.9 Å². The molecule has 0 radical (unpaired) electrons. The summed E-state index contributed by atoms with van der Waals surface area (Å²) in [6.45, 7) is 9.25. The SMILES string of the molecule is C=C(NCCCCCOCCOc1ccc2c(c1)Cc1c(Nc3cccc(C)c3)n[nH]c1-2)C1CCC1. The fraction of sp³-hybridized carbons (Fsp3) is 0.433. The first-order valence-corrected chi connectivity index (χ1v) is 13.3. The molecule has 190 valence electrons. The molecule has 2 aliphatic carbocycles. The summed E-state index contributed by atoms with van der Waals surface area (Å²) in [5, 5.41) is 14.7. The molecule has 2 aliphatic rings. The van der Waals surface area contributed by atoms with E-state index in [0.29, 0.717) is 13.2 Å². The molecule has 5 rings (SSSR count). The van der Waals surface area contributed by atoms with Gasteiger partial charge in [0.1, 0.15) is 12.4 Å². The van der Waals surface area contributed by atoms with Crippen LogP contribution >= 0.6 is 0 Å². The first-order chi connectivity index (χ1) is 17.7. The summed E-state index contributed by atoms with van der Waals surface area (Å²) in [7, 11) is 0. The van der Waals surface area contributed by atoms with Crippen molar-refractivity contribution in [3.8, 4) is 17.0 Å². The molecule has 0 atom stereocenters. The summed E-state index contributed by atoms with van der Waals surface area (Å²) in [6.07, 6.45) is 8.24. The lowest BCUT2D eigenvalue weighted by Crippen LogP contribution is -2.25. The van der Waals surface area contributed by atoms with Crippen LogP contribution in [-0.4, -0.2) is 36.6 Å². The van der Waals surface area contributed by atoms with Crippen molar-refractivity contribution < 1.29 is 9.47 Å². The highest BCUT2D eigenvalue weighted by Gasteiger charge is 2.25. The number of anilines is 2. The van der Waals surface area contributed by atoms with Gasteiger partial charge in [-0.1, -0.05) is 25.1 Å². The second-order valence-corrected chi connectivity index (χ2v) is 10.0. The lowest BCUT2D eigenvalue weighted by Gasteiger charge is -2.28. The number of ether oxygens (including phenoxy) is 2. The number of rotatable bonds is 14. The predicted octanol–water partition coefficient (Wildman–Crippen LogP) is 6.50. The van der Waals surface area contributed by atoms with Crippen molar-refractivity contribution in [1.82, 2.24) is 15.5 Å². The van der Waals surface area contributed by atoms with Gasteiger partial charge in [0.15, 0.2) is 5.82 Å². The van der Waals surface area contributed by atoms with Crippen molar-refractivity contribution in [3.63, 3.8) is 0 Å². The van der Waals surface area contributed by atoms with Gasteiger partial charge >= 0.3 is 0 Å². The third-order valence-corrected chi connectivity index (χ3v) is 7.27. The molecular formula is C30H38N4O2. The van der Waals surface area contributed by atoms with Crippen LogP contribution in [0.2, 0.25) is 0 Å². The zero-order valence-electron chi connectivity index (χ0n) is 21.4. The number of aryl methyl sites for hydroxylation is 1. The molecule has 1 aromatic heterocycles. The average Bonchev–Trinajstić information content (AvgIpc) is 3.38. The second kappa shape index (κ2) is 11.7. The van der Waals surface area contributed by atoms with Crippen molar-refractivity contribution in [1.29, 1.82) is 0 Å². The van der Waals surface area contributed by atoms with Crippen LogP contribution in [0.1, 0.15) is 55.2 Å². The summed E-state index contributed by atoms with van der Waals surface area (Å²) >= 11 is 0. The summed E-state index contributed by atoms with van der Waals surface area (Å²) < 4.78 is 11.7. The lowest BCUT2D eigenvalue weighted by molar-refractivity contribution is 0.0971. The molecule has 6 nitrogen and oxygen atoms in total. The van der Waals surface area contributed by atoms with Gasteiger partial charge in [0.25, 0.3) is 0 Å². The van der Waals surface area contributed by atoms with E-state index in [1.54, 1.807) is 0 Å². The van der Waals surface area contributed by atoms with Gasteiger partial charge in [-0.2, -0.15) is 5.10 Å². The van der Waals surface area contributed by atoms with Crippen LogP contribution in [0, 0.1) is 12.8 Å². The van der Waals surface area contributed by atoms with E-state index in [-0.39, 0.29) is 0 Å². The van der Waals surface area contributed by atoms with E-state index >= 15 is 0 Å². The number of benzene rings is 2. The Bertz CT molecular complexity index is 1180. The number of aromatic nitrogens is 2. The van der Waals surface area contributed by atoms with E-state index in [1.165, 1.54) is 60.1 Å². The van der Waals surface area contributed by atoms with Crippen LogP contribution in [0.25, 0.3) is 11.3 Å². The molecule has 0 saturated heterocycles. The van der Waals surface area contributed by atoms with E-state index in [9.17, 15) is 0 Å². The Morgan fingerprint density at radius 3 is 2.83 bits per heavy atom. The Morgan fingerprint density at radius 2 is 2.00 bits per heavy atom. The molecule has 3 N–H and O–H groups in total. The van der Waals surface area contributed by atoms with Gasteiger partial charge in [-0.15, -0.1) is 0 Å². The molecular weight excluding hydrogens is 448 g/mol. The first kappa shape index (κ1) is 24.4. The number of aromatic amines is 1. The van der Waals surface area contributed by atoms with Gasteiger partial charge in [-0.05, 0) is 86.4 Å². The van der Waals surface area contributed by atoms with E-state index in [0.717, 1.165) is 54.9 Å². The number of unbranched alkanes of at least 4 members (excludes halogenated alkanes) is 2. The van der Waals surface area contributed by atoms with Crippen LogP contribution in [0.4, 0.5) is 11.5 Å². The topological polar surface area (TPSA) is 71.2 Å². The van der Waals surface area contributed by atoms with Gasteiger partial charge < -0.3 is 20.1 Å². The molecule has 0 aliphatic heterocycles. The third kappa shape index (κ3) is 5.93. The maximum Gasteiger partial charge on any atom is 0.156 e. The number of H-pyrrole nitrogens is 1. The predicted molar refractivity (Wildman–Crippen MR) is 146 cm³/mol. The normalized spacial score (nSPS) is 14.1. The maximum atomic E-state index is 5.97. The van der Waals surface area contributed by atoms with Gasteiger partial charge in [0.05, 0.1) is 12.3 Å². The van der Waals surface area contributed by atoms with Gasteiger partial charge in [-0.3, -0.25) is 5.10 Å². The molecule has 0 unspecified atom stereocenters. The largest absolute Gasteiger partial charge is 0.491 e. The van der Waals surface area contributed by atoms with Crippen molar-refractivity contribution in [2.24, 2.45) is 5.92 Å². The van der Waals surface area contributed by atoms with Crippen LogP contribution in [-0.2, 0) is 11.2 Å². The highest BCUT2D eigenvalue weighted by Crippen LogP contribution is 2.40. The molecule has 1 fully saturated rings. The Morgan fingerprint density at radius 1 is 1.08 bits per heavy atom. The minimum absolute atomic E-state index is 0.564. The maximum absolute atomic E-state index is 5.97. The van der Waals surface area contributed by atoms with Crippen LogP contribution in [0.5, 0.6) is 5.75 Å². The van der Waals surface area contributed by atoms with Crippen molar-refractivity contribution in [3.05, 3.63) is 71.4 Å². The number of hydrogen-bond acceptors (Lipinski definition) is 5. The van der Waals surface area contributed by atoms with Crippen LogP contribution in [0.15, 0.2) is 54.7 Å². The molecule has 1 heterocycles. The Kier molecular flexibility index (Phi) is 7.91. The number of nitrogens with zero attached hydrogens (tertiary/aromatic N) is 1. The number of nitrogens with one attached hydrogen (secondary N) is 3. The summed E-state index contributed by atoms with van der Waals surface area (Å²) in [6, 6.07) is 14.6. The monoisotopic (exact) mass is 486 g/mol. The average molecular weight is 487 g/mol. The van der Waals surface area contributed by atoms with E-state index in [2.05, 4.69) is 70.7 Å². The molecule has 2 aromatic carbocycles. The number of fused-ring (bicyclic) bond motifs is 3. The molecule has 36 heavy (non-hydrogen) atoms.